The van der Waals surface area contributed by atoms with Crippen LogP contribution in [0.2, 0.25) is 0 Å². The van der Waals surface area contributed by atoms with E-state index in [-0.39, 0.29) is 34.4 Å². The summed E-state index contributed by atoms with van der Waals surface area (Å²) in [6.07, 6.45) is 1.76. The predicted molar refractivity (Wildman–Crippen MR) is 127 cm³/mol. The third-order valence-corrected chi connectivity index (χ3v) is 6.18. The SMILES string of the molecule is COCNC(=O)c1ccc(C(=O)NS(=O)(=O)c2ccc(C(=O)NCCc3ccccc3)cc2)cn1. The van der Waals surface area contributed by atoms with E-state index >= 15 is 0 Å². The molecule has 0 radical (unpaired) electrons. The minimum Gasteiger partial charge on any atom is -0.364 e. The van der Waals surface area contributed by atoms with Crippen LogP contribution < -0.4 is 15.4 Å². The number of aromatic nitrogens is 1. The number of hydrogen-bond donors (Lipinski definition) is 3. The summed E-state index contributed by atoms with van der Waals surface area (Å²) in [6, 6.07) is 17.5. The molecular weight excluding hydrogens is 472 g/mol. The normalized spacial score (nSPS) is 10.9. The number of hydrogen-bond acceptors (Lipinski definition) is 7. The first kappa shape index (κ1) is 25.5. The number of rotatable bonds is 10. The molecule has 0 saturated heterocycles. The van der Waals surface area contributed by atoms with Gasteiger partial charge in [-0.3, -0.25) is 19.4 Å². The molecule has 1 aromatic heterocycles. The second-order valence-corrected chi connectivity index (χ2v) is 9.00. The largest absolute Gasteiger partial charge is 0.364 e. The maximum Gasteiger partial charge on any atom is 0.271 e. The van der Waals surface area contributed by atoms with Crippen molar-refractivity contribution in [2.24, 2.45) is 0 Å². The van der Waals surface area contributed by atoms with Crippen LogP contribution in [0.4, 0.5) is 0 Å². The van der Waals surface area contributed by atoms with Crippen molar-refractivity contribution in [3.8, 4) is 0 Å². The number of carbonyl (C=O) groups is 3. The Labute approximate surface area is 202 Å². The zero-order chi connectivity index (χ0) is 25.3. The molecular formula is C24H24N4O6S. The van der Waals surface area contributed by atoms with Gasteiger partial charge in [-0.1, -0.05) is 30.3 Å². The van der Waals surface area contributed by atoms with E-state index < -0.39 is 21.8 Å². The molecule has 0 saturated carbocycles. The van der Waals surface area contributed by atoms with Gasteiger partial charge in [-0.2, -0.15) is 0 Å². The van der Waals surface area contributed by atoms with Crippen molar-refractivity contribution in [1.29, 1.82) is 0 Å². The van der Waals surface area contributed by atoms with Crippen molar-refractivity contribution < 1.29 is 27.5 Å². The highest BCUT2D eigenvalue weighted by Crippen LogP contribution is 2.12. The van der Waals surface area contributed by atoms with E-state index in [2.05, 4.69) is 15.6 Å². The molecule has 35 heavy (non-hydrogen) atoms. The summed E-state index contributed by atoms with van der Waals surface area (Å²) >= 11 is 0. The lowest BCUT2D eigenvalue weighted by atomic mass is 10.1. The molecule has 0 unspecified atom stereocenters. The van der Waals surface area contributed by atoms with Crippen LogP contribution in [-0.2, 0) is 21.2 Å². The van der Waals surface area contributed by atoms with Crippen LogP contribution in [-0.4, -0.2) is 51.5 Å². The van der Waals surface area contributed by atoms with E-state index in [9.17, 15) is 22.8 Å². The molecule has 10 nitrogen and oxygen atoms in total. The number of pyridine rings is 1. The van der Waals surface area contributed by atoms with Crippen LogP contribution in [0.15, 0.2) is 77.8 Å². The van der Waals surface area contributed by atoms with E-state index in [1.807, 2.05) is 35.1 Å². The number of methoxy groups -OCH3 is 1. The zero-order valence-corrected chi connectivity index (χ0v) is 19.7. The number of ether oxygens (including phenoxy) is 1. The molecule has 3 N–H and O–H groups in total. The van der Waals surface area contributed by atoms with Gasteiger partial charge in [0.1, 0.15) is 12.4 Å². The second kappa shape index (κ2) is 11.9. The molecule has 3 aromatic rings. The van der Waals surface area contributed by atoms with Crippen molar-refractivity contribution in [2.45, 2.75) is 11.3 Å². The molecule has 3 rings (SSSR count). The molecule has 0 aliphatic carbocycles. The maximum atomic E-state index is 12.6. The van der Waals surface area contributed by atoms with E-state index in [4.69, 9.17) is 4.74 Å². The van der Waals surface area contributed by atoms with Crippen LogP contribution in [0.3, 0.4) is 0 Å². The van der Waals surface area contributed by atoms with Gasteiger partial charge in [0.05, 0.1) is 10.5 Å². The lowest BCUT2D eigenvalue weighted by Gasteiger charge is -2.09. The average molecular weight is 497 g/mol. The van der Waals surface area contributed by atoms with E-state index in [0.29, 0.717) is 13.0 Å². The fraction of sp³-hybridized carbons (Fsp3) is 0.167. The van der Waals surface area contributed by atoms with E-state index in [1.54, 1.807) is 0 Å². The summed E-state index contributed by atoms with van der Waals surface area (Å²) in [5.41, 5.74) is 1.37. The highest BCUT2D eigenvalue weighted by molar-refractivity contribution is 7.90. The monoisotopic (exact) mass is 496 g/mol. The first-order valence-electron chi connectivity index (χ1n) is 10.5. The summed E-state index contributed by atoms with van der Waals surface area (Å²) in [6.45, 7) is 0.426. The summed E-state index contributed by atoms with van der Waals surface area (Å²) in [5, 5.41) is 5.22. The van der Waals surface area contributed by atoms with Crippen LogP contribution >= 0.6 is 0 Å². The summed E-state index contributed by atoms with van der Waals surface area (Å²) < 4.78 is 31.9. The van der Waals surface area contributed by atoms with Gasteiger partial charge >= 0.3 is 0 Å². The van der Waals surface area contributed by atoms with E-state index in [0.717, 1.165) is 11.8 Å². The van der Waals surface area contributed by atoms with Gasteiger partial charge in [-0.05, 0) is 48.4 Å². The van der Waals surface area contributed by atoms with Gasteiger partial charge in [0.15, 0.2) is 0 Å². The lowest BCUT2D eigenvalue weighted by Crippen LogP contribution is -2.31. The Kier molecular flexibility index (Phi) is 8.65. The van der Waals surface area contributed by atoms with Crippen molar-refractivity contribution >= 4 is 27.7 Å². The highest BCUT2D eigenvalue weighted by atomic mass is 32.2. The average Bonchev–Trinajstić information content (AvgIpc) is 2.87. The molecule has 1 heterocycles. The van der Waals surface area contributed by atoms with Crippen LogP contribution in [0, 0.1) is 0 Å². The molecule has 11 heteroatoms. The Morgan fingerprint density at radius 1 is 0.829 bits per heavy atom. The third-order valence-electron chi connectivity index (χ3n) is 4.83. The fourth-order valence-electron chi connectivity index (χ4n) is 2.98. The van der Waals surface area contributed by atoms with Crippen molar-refractivity contribution in [3.05, 3.63) is 95.3 Å². The number of amides is 3. The Balaban J connectivity index is 1.57. The Hall–Kier alpha value is -4.09. The maximum absolute atomic E-state index is 12.6. The molecule has 0 atom stereocenters. The molecule has 0 fully saturated rings. The first-order valence-corrected chi connectivity index (χ1v) is 12.0. The number of carbonyl (C=O) groups excluding carboxylic acids is 3. The fourth-order valence-corrected chi connectivity index (χ4v) is 3.96. The number of nitrogens with zero attached hydrogens (tertiary/aromatic N) is 1. The third kappa shape index (κ3) is 7.19. The minimum atomic E-state index is -4.20. The smallest absolute Gasteiger partial charge is 0.271 e. The Morgan fingerprint density at radius 2 is 1.51 bits per heavy atom. The molecule has 2 aromatic carbocycles. The van der Waals surface area contributed by atoms with Gasteiger partial charge < -0.3 is 15.4 Å². The minimum absolute atomic E-state index is 0.00483. The van der Waals surface area contributed by atoms with Gasteiger partial charge in [0, 0.05) is 25.4 Å². The van der Waals surface area contributed by atoms with Crippen LogP contribution in [0.1, 0.15) is 36.8 Å². The molecule has 0 bridgehead atoms. The number of nitrogens with one attached hydrogen (secondary N) is 3. The first-order chi connectivity index (χ1) is 16.8. The molecule has 0 spiro atoms. The number of sulfonamides is 1. The van der Waals surface area contributed by atoms with Crippen molar-refractivity contribution in [3.63, 3.8) is 0 Å². The Bertz CT molecular complexity index is 1280. The summed E-state index contributed by atoms with van der Waals surface area (Å²) in [7, 11) is -2.78. The van der Waals surface area contributed by atoms with E-state index in [1.165, 1.54) is 43.5 Å². The van der Waals surface area contributed by atoms with Gasteiger partial charge in [0.2, 0.25) is 0 Å². The molecule has 0 aliphatic heterocycles. The molecule has 3 amide bonds. The van der Waals surface area contributed by atoms with Gasteiger partial charge in [0.25, 0.3) is 27.7 Å². The van der Waals surface area contributed by atoms with Gasteiger partial charge in [-0.25, -0.2) is 13.1 Å². The second-order valence-electron chi connectivity index (χ2n) is 7.32. The molecule has 182 valence electrons. The molecule has 0 aliphatic rings. The quantitative estimate of drug-likeness (QED) is 0.361. The zero-order valence-electron chi connectivity index (χ0n) is 18.9. The van der Waals surface area contributed by atoms with Crippen LogP contribution in [0.25, 0.3) is 0 Å². The number of benzene rings is 2. The lowest BCUT2D eigenvalue weighted by molar-refractivity contribution is 0.0865. The van der Waals surface area contributed by atoms with Crippen LogP contribution in [0.5, 0.6) is 0 Å². The highest BCUT2D eigenvalue weighted by Gasteiger charge is 2.20. The standard InChI is InChI=1S/C24H24N4O6S/c1-34-16-27-24(31)21-12-9-19(15-26-21)23(30)28-35(32,33)20-10-7-18(8-11-20)22(29)25-14-13-17-5-3-2-4-6-17/h2-12,15H,13-14,16H2,1H3,(H,25,29)(H,27,31)(H,28,30). The summed E-state index contributed by atoms with van der Waals surface area (Å²) in [4.78, 5) is 40.2. The van der Waals surface area contributed by atoms with Gasteiger partial charge in [-0.15, -0.1) is 0 Å². The topological polar surface area (TPSA) is 144 Å². The summed E-state index contributed by atoms with van der Waals surface area (Å²) in [5.74, 6) is -1.76. The Morgan fingerprint density at radius 3 is 2.14 bits per heavy atom. The van der Waals surface area contributed by atoms with Crippen molar-refractivity contribution in [1.82, 2.24) is 20.3 Å². The van der Waals surface area contributed by atoms with Crippen molar-refractivity contribution in [2.75, 3.05) is 20.4 Å². The predicted octanol–water partition coefficient (Wildman–Crippen LogP) is 1.51.